The van der Waals surface area contributed by atoms with Crippen LogP contribution in [0.4, 0.5) is 0 Å². The smallest absolute Gasteiger partial charge is 0.255 e. The number of Topliss-reactive ketones (excluding diaryl/α,β-unsaturated/α-hetero) is 1. The van der Waals surface area contributed by atoms with Crippen molar-refractivity contribution >= 4 is 17.4 Å². The van der Waals surface area contributed by atoms with E-state index in [4.69, 9.17) is 9.84 Å². The van der Waals surface area contributed by atoms with Crippen LogP contribution in [-0.4, -0.2) is 53.8 Å². The third-order valence-corrected chi connectivity index (χ3v) is 3.11. The molecule has 0 fully saturated rings. The molecule has 0 saturated carbocycles. The number of aromatic nitrogens is 1. The predicted octanol–water partition coefficient (Wildman–Crippen LogP) is -0.115. The lowest BCUT2D eigenvalue weighted by molar-refractivity contribution is -0.122. The molecule has 7 heteroatoms. The molecule has 1 aliphatic rings. The molecule has 0 spiro atoms. The summed E-state index contributed by atoms with van der Waals surface area (Å²) in [4.78, 5) is 32.1. The van der Waals surface area contributed by atoms with Crippen LogP contribution in [-0.2, 0) is 9.59 Å². The van der Waals surface area contributed by atoms with E-state index in [-0.39, 0.29) is 24.5 Å². The molecule has 1 aliphatic heterocycles. The van der Waals surface area contributed by atoms with Crippen molar-refractivity contribution in [3.05, 3.63) is 35.5 Å². The second-order valence-corrected chi connectivity index (χ2v) is 4.83. The van der Waals surface area contributed by atoms with Crippen LogP contribution in [0.25, 0.3) is 0 Å². The number of ether oxygens (including phenoxy) is 1. The van der Waals surface area contributed by atoms with E-state index in [1.54, 1.807) is 25.3 Å². The third kappa shape index (κ3) is 3.56. The molecule has 0 bridgehead atoms. The molecule has 0 aliphatic carbocycles. The van der Waals surface area contributed by atoms with Crippen molar-refractivity contribution in [1.82, 2.24) is 10.3 Å². The Balaban J connectivity index is 2.23. The van der Waals surface area contributed by atoms with Crippen molar-refractivity contribution in [2.75, 3.05) is 20.3 Å². The van der Waals surface area contributed by atoms with Crippen LogP contribution >= 0.6 is 0 Å². The first kappa shape index (κ1) is 15.8. The fourth-order valence-corrected chi connectivity index (χ4v) is 1.87. The van der Waals surface area contributed by atoms with Gasteiger partial charge in [0.25, 0.3) is 5.91 Å². The summed E-state index contributed by atoms with van der Waals surface area (Å²) in [6.07, 6.45) is 3.00. The molecule has 1 amide bonds. The maximum Gasteiger partial charge on any atom is 0.255 e. The average molecular weight is 303 g/mol. The van der Waals surface area contributed by atoms with E-state index in [0.717, 1.165) is 0 Å². The fourth-order valence-electron chi connectivity index (χ4n) is 1.87. The normalized spacial score (nSPS) is 15.7. The molecule has 0 saturated heterocycles. The standard InChI is InChI=1S/C15H17N3O4/c1-9(8-19)18-15(21)11-5-12(16-7-13(11)20)10-3-4-14(22-2)17-6-10/h3-6,9,19H,7-8H2,1-2H3,(H,18,21)/t9-/m0/s1. The summed E-state index contributed by atoms with van der Waals surface area (Å²) in [5, 5.41) is 11.5. The van der Waals surface area contributed by atoms with E-state index in [1.165, 1.54) is 13.2 Å². The highest BCUT2D eigenvalue weighted by atomic mass is 16.5. The first-order valence-corrected chi connectivity index (χ1v) is 6.76. The van der Waals surface area contributed by atoms with Gasteiger partial charge in [-0.05, 0) is 19.1 Å². The minimum absolute atomic E-state index is 0.0288. The Morgan fingerprint density at radius 1 is 1.50 bits per heavy atom. The maximum atomic E-state index is 12.1. The Kier molecular flexibility index (Phi) is 5.00. The lowest BCUT2D eigenvalue weighted by atomic mass is 10.0. The summed E-state index contributed by atoms with van der Waals surface area (Å²) in [5.74, 6) is -0.400. The second-order valence-electron chi connectivity index (χ2n) is 4.83. The number of pyridine rings is 1. The molecule has 2 N–H and O–H groups in total. The summed E-state index contributed by atoms with van der Waals surface area (Å²) in [6, 6.07) is 3.00. The maximum absolute atomic E-state index is 12.1. The highest BCUT2D eigenvalue weighted by Gasteiger charge is 2.23. The van der Waals surface area contributed by atoms with Gasteiger partial charge in [0.2, 0.25) is 5.88 Å². The number of hydrogen-bond donors (Lipinski definition) is 2. The Labute approximate surface area is 127 Å². The molecule has 0 radical (unpaired) electrons. The molecule has 0 unspecified atom stereocenters. The van der Waals surface area contributed by atoms with Gasteiger partial charge in [-0.3, -0.25) is 14.6 Å². The molecule has 1 aromatic heterocycles. The molecule has 1 atom stereocenters. The number of nitrogens with zero attached hydrogens (tertiary/aromatic N) is 2. The van der Waals surface area contributed by atoms with Crippen molar-refractivity contribution in [3.8, 4) is 5.88 Å². The van der Waals surface area contributed by atoms with E-state index in [0.29, 0.717) is 17.2 Å². The van der Waals surface area contributed by atoms with Crippen LogP contribution in [0.1, 0.15) is 12.5 Å². The Bertz CT molecular complexity index is 635. The summed E-state index contributed by atoms with van der Waals surface area (Å²) >= 11 is 0. The van der Waals surface area contributed by atoms with Gasteiger partial charge >= 0.3 is 0 Å². The van der Waals surface area contributed by atoms with E-state index in [1.807, 2.05) is 0 Å². The molecular weight excluding hydrogens is 286 g/mol. The van der Waals surface area contributed by atoms with E-state index < -0.39 is 11.9 Å². The lowest BCUT2D eigenvalue weighted by Crippen LogP contribution is -2.39. The third-order valence-electron chi connectivity index (χ3n) is 3.11. The SMILES string of the molecule is COc1ccc(C2=NCC(=O)C(C(=O)N[C@@H](C)CO)=C2)cn1. The van der Waals surface area contributed by atoms with Gasteiger partial charge in [0.15, 0.2) is 5.78 Å². The van der Waals surface area contributed by atoms with Gasteiger partial charge in [0.05, 0.1) is 25.0 Å². The highest BCUT2D eigenvalue weighted by molar-refractivity contribution is 6.27. The van der Waals surface area contributed by atoms with Crippen molar-refractivity contribution in [1.29, 1.82) is 0 Å². The van der Waals surface area contributed by atoms with Gasteiger partial charge in [-0.25, -0.2) is 4.98 Å². The predicted molar refractivity (Wildman–Crippen MR) is 80.0 cm³/mol. The topological polar surface area (TPSA) is 101 Å². The zero-order valence-electron chi connectivity index (χ0n) is 12.4. The second kappa shape index (κ2) is 6.95. The number of carbonyl (C=O) groups is 2. The first-order chi connectivity index (χ1) is 10.5. The number of carbonyl (C=O) groups excluding carboxylic acids is 2. The lowest BCUT2D eigenvalue weighted by Gasteiger charge is -2.15. The molecule has 116 valence electrons. The number of allylic oxidation sites excluding steroid dienone is 1. The molecule has 2 heterocycles. The largest absolute Gasteiger partial charge is 0.481 e. The zero-order valence-corrected chi connectivity index (χ0v) is 12.4. The number of nitrogens with one attached hydrogen (secondary N) is 1. The number of aliphatic hydroxyl groups is 1. The number of aliphatic imine (C=N–C) groups is 1. The van der Waals surface area contributed by atoms with Crippen LogP contribution in [0.3, 0.4) is 0 Å². The average Bonchev–Trinajstić information content (AvgIpc) is 2.55. The number of dihydropyridines is 1. The van der Waals surface area contributed by atoms with Gasteiger partial charge in [0.1, 0.15) is 6.54 Å². The first-order valence-electron chi connectivity index (χ1n) is 6.76. The fraction of sp³-hybridized carbons (Fsp3) is 0.333. The Hall–Kier alpha value is -2.54. The van der Waals surface area contributed by atoms with Gasteiger partial charge < -0.3 is 15.2 Å². The number of hydrogen-bond acceptors (Lipinski definition) is 6. The molecule has 1 aromatic rings. The number of ketones is 1. The monoisotopic (exact) mass is 303 g/mol. The highest BCUT2D eigenvalue weighted by Crippen LogP contribution is 2.13. The molecular formula is C15H17N3O4. The molecule has 7 nitrogen and oxygen atoms in total. The Morgan fingerprint density at radius 3 is 2.86 bits per heavy atom. The Morgan fingerprint density at radius 2 is 2.27 bits per heavy atom. The van der Waals surface area contributed by atoms with Crippen molar-refractivity contribution in [2.24, 2.45) is 4.99 Å². The summed E-state index contributed by atoms with van der Waals surface area (Å²) in [5.41, 5.74) is 1.23. The van der Waals surface area contributed by atoms with E-state index in [2.05, 4.69) is 15.3 Å². The summed E-state index contributed by atoms with van der Waals surface area (Å²) in [7, 11) is 1.52. The van der Waals surface area contributed by atoms with Crippen LogP contribution in [0.15, 0.2) is 35.0 Å². The quantitative estimate of drug-likeness (QED) is 0.739. The van der Waals surface area contributed by atoms with Crippen molar-refractivity contribution in [2.45, 2.75) is 13.0 Å². The number of rotatable bonds is 5. The van der Waals surface area contributed by atoms with Crippen LogP contribution in [0.5, 0.6) is 5.88 Å². The van der Waals surface area contributed by atoms with E-state index >= 15 is 0 Å². The minimum Gasteiger partial charge on any atom is -0.481 e. The van der Waals surface area contributed by atoms with Gasteiger partial charge in [0, 0.05) is 23.9 Å². The molecule has 0 aromatic carbocycles. The number of methoxy groups -OCH3 is 1. The number of aliphatic hydroxyl groups excluding tert-OH is 1. The van der Waals surface area contributed by atoms with Crippen molar-refractivity contribution < 1.29 is 19.4 Å². The van der Waals surface area contributed by atoms with Gasteiger partial charge in [-0.1, -0.05) is 0 Å². The van der Waals surface area contributed by atoms with Gasteiger partial charge in [-0.2, -0.15) is 0 Å². The van der Waals surface area contributed by atoms with Gasteiger partial charge in [-0.15, -0.1) is 0 Å². The minimum atomic E-state index is -0.513. The molecule has 22 heavy (non-hydrogen) atoms. The van der Waals surface area contributed by atoms with Crippen LogP contribution in [0, 0.1) is 0 Å². The zero-order chi connectivity index (χ0) is 16.1. The summed E-state index contributed by atoms with van der Waals surface area (Å²) < 4.78 is 4.98. The molecule has 2 rings (SSSR count). The van der Waals surface area contributed by atoms with E-state index in [9.17, 15) is 9.59 Å². The van der Waals surface area contributed by atoms with Crippen LogP contribution < -0.4 is 10.1 Å². The number of amides is 1. The van der Waals surface area contributed by atoms with Crippen LogP contribution in [0.2, 0.25) is 0 Å². The van der Waals surface area contributed by atoms with Crippen molar-refractivity contribution in [3.63, 3.8) is 0 Å². The summed E-state index contributed by atoms with van der Waals surface area (Å²) in [6.45, 7) is 1.36.